The van der Waals surface area contributed by atoms with E-state index < -0.39 is 32.0 Å². The SMILES string of the molecule is CC(=O)Nc1ccccc1[As](=O)(O)OO.O=C(O)C(Cc1ccccc1)C(=O)O. The van der Waals surface area contributed by atoms with Crippen molar-refractivity contribution in [2.75, 3.05) is 5.32 Å². The van der Waals surface area contributed by atoms with Gasteiger partial charge in [0.15, 0.2) is 5.92 Å². The number of anilines is 1. The molecule has 10 nitrogen and oxygen atoms in total. The Morgan fingerprint density at radius 1 is 1.00 bits per heavy atom. The summed E-state index contributed by atoms with van der Waals surface area (Å²) in [6, 6.07) is 14.5. The van der Waals surface area contributed by atoms with Crippen molar-refractivity contribution in [1.82, 2.24) is 0 Å². The summed E-state index contributed by atoms with van der Waals surface area (Å²) < 4.78 is 24.1. The zero-order chi connectivity index (χ0) is 22.0. The first-order valence-corrected chi connectivity index (χ1v) is 11.4. The van der Waals surface area contributed by atoms with Gasteiger partial charge in [-0.3, -0.25) is 9.59 Å². The van der Waals surface area contributed by atoms with Crippen LogP contribution in [0.2, 0.25) is 0 Å². The minimum Gasteiger partial charge on any atom is -0.481 e. The molecule has 2 rings (SSSR count). The molecule has 0 aromatic heterocycles. The molecule has 1 amide bonds. The Balaban J connectivity index is 0.000000291. The van der Waals surface area contributed by atoms with Crippen molar-refractivity contribution in [2.45, 2.75) is 13.3 Å². The average Bonchev–Trinajstić information content (AvgIpc) is 2.67. The Labute approximate surface area is 168 Å². The summed E-state index contributed by atoms with van der Waals surface area (Å²) in [7, 11) is 0. The minimum atomic E-state index is -4.92. The summed E-state index contributed by atoms with van der Waals surface area (Å²) in [6.07, 6.45) is 0.0194. The number of hydrogen-bond acceptors (Lipinski definition) is 6. The fourth-order valence-electron chi connectivity index (χ4n) is 2.19. The van der Waals surface area contributed by atoms with Crippen molar-refractivity contribution in [3.05, 3.63) is 60.2 Å². The zero-order valence-corrected chi connectivity index (χ0v) is 17.1. The van der Waals surface area contributed by atoms with Crippen LogP contribution in [-0.4, -0.2) is 51.6 Å². The third-order valence-corrected chi connectivity index (χ3v) is 6.07. The van der Waals surface area contributed by atoms with Gasteiger partial charge < -0.3 is 10.2 Å². The molecule has 0 spiro atoms. The third kappa shape index (κ3) is 7.92. The third-order valence-electron chi connectivity index (χ3n) is 3.51. The van der Waals surface area contributed by atoms with E-state index in [1.165, 1.54) is 25.1 Å². The second-order valence-corrected chi connectivity index (χ2v) is 9.26. The number of carbonyl (C=O) groups excluding carboxylic acids is 1. The summed E-state index contributed by atoms with van der Waals surface area (Å²) in [4.78, 5) is 31.9. The number of nitrogens with one attached hydrogen (secondary N) is 1. The first-order valence-electron chi connectivity index (χ1n) is 8.11. The Morgan fingerprint density at radius 3 is 2.00 bits per heavy atom. The van der Waals surface area contributed by atoms with Crippen molar-refractivity contribution in [3.8, 4) is 0 Å². The average molecular weight is 469 g/mol. The van der Waals surface area contributed by atoms with Crippen LogP contribution in [0.1, 0.15) is 12.5 Å². The largest absolute Gasteiger partial charge is 0.481 e. The van der Waals surface area contributed by atoms with Crippen LogP contribution in [-0.2, 0) is 28.4 Å². The molecule has 29 heavy (non-hydrogen) atoms. The molecule has 156 valence electrons. The minimum absolute atomic E-state index is 0.0194. The maximum absolute atomic E-state index is 11.4. The molecule has 0 saturated heterocycles. The van der Waals surface area contributed by atoms with Gasteiger partial charge in [0.1, 0.15) is 0 Å². The number of hydrogen-bond donors (Lipinski definition) is 5. The van der Waals surface area contributed by atoms with Crippen LogP contribution in [0.4, 0.5) is 5.69 Å². The van der Waals surface area contributed by atoms with E-state index >= 15 is 0 Å². The molecule has 0 radical (unpaired) electrons. The summed E-state index contributed by atoms with van der Waals surface area (Å²) in [5.41, 5.74) is 0.867. The molecule has 0 aliphatic carbocycles. The van der Waals surface area contributed by atoms with Gasteiger partial charge >= 0.3 is 100 Å². The number of benzene rings is 2. The van der Waals surface area contributed by atoms with Gasteiger partial charge in [-0.15, -0.1) is 0 Å². The van der Waals surface area contributed by atoms with E-state index in [2.05, 4.69) is 9.19 Å². The van der Waals surface area contributed by atoms with Crippen LogP contribution in [0.3, 0.4) is 0 Å². The number of aliphatic carboxylic acids is 2. The Hall–Kier alpha value is -2.91. The van der Waals surface area contributed by atoms with Crippen LogP contribution < -0.4 is 9.67 Å². The van der Waals surface area contributed by atoms with Crippen LogP contribution in [0, 0.1) is 5.92 Å². The molecular weight excluding hydrogens is 449 g/mol. The molecule has 0 fully saturated rings. The van der Waals surface area contributed by atoms with Gasteiger partial charge in [0.2, 0.25) is 0 Å². The van der Waals surface area contributed by atoms with Gasteiger partial charge in [0, 0.05) is 0 Å². The van der Waals surface area contributed by atoms with E-state index in [4.69, 9.17) is 15.5 Å². The smallest absolute Gasteiger partial charge is 0.318 e. The van der Waals surface area contributed by atoms with E-state index in [1.54, 1.807) is 36.4 Å². The second kappa shape index (κ2) is 11.2. The van der Waals surface area contributed by atoms with Crippen molar-refractivity contribution in [3.63, 3.8) is 0 Å². The first kappa shape index (κ1) is 24.1. The number of carboxylic acids is 2. The Kier molecular flexibility index (Phi) is 9.30. The van der Waals surface area contributed by atoms with Crippen LogP contribution in [0.15, 0.2) is 54.6 Å². The van der Waals surface area contributed by atoms with E-state index in [9.17, 15) is 22.2 Å². The number of carboxylic acid groups (broad SMARTS) is 2. The fourth-order valence-corrected chi connectivity index (χ4v) is 3.86. The summed E-state index contributed by atoms with van der Waals surface area (Å²) in [5, 5.41) is 27.9. The topological polar surface area (TPSA) is 170 Å². The number of para-hydroxylation sites is 1. The van der Waals surface area contributed by atoms with Gasteiger partial charge in [-0.25, -0.2) is 0 Å². The van der Waals surface area contributed by atoms with Gasteiger partial charge in [0.05, 0.1) is 0 Å². The van der Waals surface area contributed by atoms with E-state index in [1.807, 2.05) is 0 Å². The van der Waals surface area contributed by atoms with E-state index in [-0.39, 0.29) is 22.4 Å². The second-order valence-electron chi connectivity index (χ2n) is 5.72. The van der Waals surface area contributed by atoms with Crippen LogP contribution in [0.5, 0.6) is 0 Å². The zero-order valence-electron chi connectivity index (χ0n) is 15.3. The van der Waals surface area contributed by atoms with Gasteiger partial charge in [-0.1, -0.05) is 30.3 Å². The van der Waals surface area contributed by atoms with Gasteiger partial charge in [-0.2, -0.15) is 0 Å². The molecule has 2 aromatic rings. The van der Waals surface area contributed by atoms with Gasteiger partial charge in [-0.05, 0) is 12.0 Å². The molecule has 0 saturated carbocycles. The van der Waals surface area contributed by atoms with Crippen molar-refractivity contribution >= 4 is 42.1 Å². The molecule has 11 heteroatoms. The number of amides is 1. The Bertz CT molecular complexity index is 887. The summed E-state index contributed by atoms with van der Waals surface area (Å²) in [5.74, 6) is -4.35. The standard InChI is InChI=1S/C10H10O4.C8H10AsNO5/c11-9(12)8(10(13)14)6-7-4-2-1-3-5-7;1-6(11)10-8-5-3-2-4-7(8)9(12,13)15-14/h1-5,8H,6H2,(H,11,12)(H,13,14);2-5,14H,1H3,(H,10,11)(H,12,13). The normalized spacial score (nSPS) is 12.3. The molecule has 1 atom stereocenters. The summed E-state index contributed by atoms with van der Waals surface area (Å²) in [6.45, 7) is 1.27. The predicted octanol–water partition coefficient (Wildman–Crippen LogP) is 0.718. The van der Waals surface area contributed by atoms with Crippen molar-refractivity contribution in [2.24, 2.45) is 5.92 Å². The number of carbonyl (C=O) groups is 3. The Morgan fingerprint density at radius 2 is 1.52 bits per heavy atom. The molecule has 5 N–H and O–H groups in total. The summed E-state index contributed by atoms with van der Waals surface area (Å²) >= 11 is -4.92. The van der Waals surface area contributed by atoms with Crippen molar-refractivity contribution < 1.29 is 41.6 Å². The molecule has 0 aliphatic heterocycles. The first-order chi connectivity index (χ1) is 13.6. The van der Waals surface area contributed by atoms with Crippen molar-refractivity contribution in [1.29, 1.82) is 0 Å². The molecular formula is C18H20AsNO9. The maximum Gasteiger partial charge on any atom is 0.318 e. The monoisotopic (exact) mass is 469 g/mol. The van der Waals surface area contributed by atoms with Gasteiger partial charge in [0.25, 0.3) is 0 Å². The van der Waals surface area contributed by atoms with E-state index in [0.717, 1.165) is 0 Å². The van der Waals surface area contributed by atoms with Crippen LogP contribution in [0.25, 0.3) is 0 Å². The fraction of sp³-hybridized carbons (Fsp3) is 0.167. The van der Waals surface area contributed by atoms with E-state index in [0.29, 0.717) is 5.56 Å². The molecule has 0 aliphatic rings. The predicted molar refractivity (Wildman–Crippen MR) is 102 cm³/mol. The molecule has 2 aromatic carbocycles. The maximum atomic E-state index is 11.4. The number of rotatable bonds is 7. The molecule has 1 unspecified atom stereocenters. The quantitative estimate of drug-likeness (QED) is 0.170. The van der Waals surface area contributed by atoms with Crippen LogP contribution >= 0.6 is 0 Å². The molecule has 0 bridgehead atoms. The molecule has 0 heterocycles.